The first-order chi connectivity index (χ1) is 8.81. The van der Waals surface area contributed by atoms with Crippen LogP contribution in [0.5, 0.6) is 0 Å². The van der Waals surface area contributed by atoms with Gasteiger partial charge in [0.15, 0.2) is 0 Å². The van der Waals surface area contributed by atoms with Crippen molar-refractivity contribution in [2.45, 2.75) is 26.3 Å². The highest BCUT2D eigenvalue weighted by Gasteiger charge is 2.18. The zero-order valence-electron chi connectivity index (χ0n) is 10.8. The first-order valence-corrected chi connectivity index (χ1v) is 6.28. The monoisotopic (exact) mass is 284 g/mol. The highest BCUT2D eigenvalue weighted by Crippen LogP contribution is 2.21. The van der Waals surface area contributed by atoms with E-state index >= 15 is 0 Å². The minimum Gasteiger partial charge on any atom is -0.478 e. The largest absolute Gasteiger partial charge is 0.478 e. The van der Waals surface area contributed by atoms with Gasteiger partial charge in [-0.05, 0) is 30.5 Å². The van der Waals surface area contributed by atoms with E-state index in [9.17, 15) is 9.59 Å². The second kappa shape index (κ2) is 6.54. The average molecular weight is 285 g/mol. The molecule has 1 unspecified atom stereocenters. The molecule has 19 heavy (non-hydrogen) atoms. The van der Waals surface area contributed by atoms with Gasteiger partial charge in [-0.25, -0.2) is 4.79 Å². The number of anilines is 1. The van der Waals surface area contributed by atoms with Gasteiger partial charge in [0, 0.05) is 5.02 Å². The number of carbonyl (C=O) groups excluding carboxylic acids is 1. The maximum atomic E-state index is 11.9. The molecule has 4 N–H and O–H groups in total. The van der Waals surface area contributed by atoms with Crippen LogP contribution < -0.4 is 11.1 Å². The summed E-state index contributed by atoms with van der Waals surface area (Å²) in [5.74, 6) is -1.28. The van der Waals surface area contributed by atoms with Crippen LogP contribution in [0.4, 0.5) is 5.69 Å². The van der Waals surface area contributed by atoms with Gasteiger partial charge in [0.2, 0.25) is 5.91 Å². The number of nitrogens with one attached hydrogen (secondary N) is 1. The van der Waals surface area contributed by atoms with Gasteiger partial charge in [-0.1, -0.05) is 25.4 Å². The molecule has 1 atom stereocenters. The summed E-state index contributed by atoms with van der Waals surface area (Å²) in [6.45, 7) is 3.91. The maximum Gasteiger partial charge on any atom is 0.337 e. The molecule has 1 aromatic rings. The minimum atomic E-state index is -1.13. The molecule has 0 bridgehead atoms. The molecule has 104 valence electrons. The van der Waals surface area contributed by atoms with E-state index in [1.165, 1.54) is 18.2 Å². The Morgan fingerprint density at radius 3 is 2.58 bits per heavy atom. The summed E-state index contributed by atoms with van der Waals surface area (Å²) < 4.78 is 0. The molecule has 1 aromatic carbocycles. The van der Waals surface area contributed by atoms with Crippen molar-refractivity contribution < 1.29 is 14.7 Å². The lowest BCUT2D eigenvalue weighted by Gasteiger charge is -2.15. The van der Waals surface area contributed by atoms with E-state index in [1.54, 1.807) is 0 Å². The third kappa shape index (κ3) is 4.54. The fourth-order valence-electron chi connectivity index (χ4n) is 1.65. The molecule has 0 aliphatic rings. The van der Waals surface area contributed by atoms with Crippen molar-refractivity contribution in [2.75, 3.05) is 5.32 Å². The van der Waals surface area contributed by atoms with E-state index in [-0.39, 0.29) is 17.2 Å². The Morgan fingerprint density at radius 1 is 1.42 bits per heavy atom. The third-order valence-electron chi connectivity index (χ3n) is 2.53. The molecule has 0 spiro atoms. The Bertz CT molecular complexity index is 489. The Balaban J connectivity index is 2.89. The quantitative estimate of drug-likeness (QED) is 0.774. The predicted molar refractivity (Wildman–Crippen MR) is 74.5 cm³/mol. The number of hydrogen-bond donors (Lipinski definition) is 3. The van der Waals surface area contributed by atoms with Gasteiger partial charge in [0.25, 0.3) is 0 Å². The smallest absolute Gasteiger partial charge is 0.337 e. The molecule has 5 nitrogen and oxygen atoms in total. The minimum absolute atomic E-state index is 0.0190. The first kappa shape index (κ1) is 15.5. The van der Waals surface area contributed by atoms with E-state index in [4.69, 9.17) is 22.4 Å². The molecular formula is C13H17ClN2O3. The van der Waals surface area contributed by atoms with Gasteiger partial charge >= 0.3 is 5.97 Å². The fraction of sp³-hybridized carbons (Fsp3) is 0.385. The second-order valence-corrected chi connectivity index (χ2v) is 5.16. The first-order valence-electron chi connectivity index (χ1n) is 5.90. The maximum absolute atomic E-state index is 11.9. The summed E-state index contributed by atoms with van der Waals surface area (Å²) in [5.41, 5.74) is 5.88. The van der Waals surface area contributed by atoms with Crippen LogP contribution >= 0.6 is 11.6 Å². The molecule has 1 rings (SSSR count). The number of carboxylic acid groups (broad SMARTS) is 1. The summed E-state index contributed by atoms with van der Waals surface area (Å²) in [7, 11) is 0. The summed E-state index contributed by atoms with van der Waals surface area (Å²) in [6.07, 6.45) is 0.523. The lowest BCUT2D eigenvalue weighted by Crippen LogP contribution is -2.37. The van der Waals surface area contributed by atoms with Crippen LogP contribution in [0.3, 0.4) is 0 Å². The highest BCUT2D eigenvalue weighted by atomic mass is 35.5. The Hall–Kier alpha value is -1.59. The summed E-state index contributed by atoms with van der Waals surface area (Å²) in [4.78, 5) is 22.9. The summed E-state index contributed by atoms with van der Waals surface area (Å²) >= 11 is 5.79. The molecule has 0 radical (unpaired) electrons. The summed E-state index contributed by atoms with van der Waals surface area (Å²) in [6, 6.07) is 3.51. The topological polar surface area (TPSA) is 92.4 Å². The third-order valence-corrected chi connectivity index (χ3v) is 2.77. The number of aromatic carboxylic acids is 1. The Kier molecular flexibility index (Phi) is 5.32. The van der Waals surface area contributed by atoms with Crippen LogP contribution in [0, 0.1) is 5.92 Å². The molecule has 0 saturated carbocycles. The molecule has 0 saturated heterocycles. The number of nitrogens with two attached hydrogens (primary N) is 1. The van der Waals surface area contributed by atoms with E-state index < -0.39 is 17.9 Å². The van der Waals surface area contributed by atoms with Gasteiger partial charge in [-0.3, -0.25) is 4.79 Å². The lowest BCUT2D eigenvalue weighted by atomic mass is 10.0. The average Bonchev–Trinajstić information content (AvgIpc) is 2.27. The van der Waals surface area contributed by atoms with Crippen molar-refractivity contribution in [1.29, 1.82) is 0 Å². The molecule has 1 amide bonds. The number of carboxylic acids is 1. The van der Waals surface area contributed by atoms with Gasteiger partial charge in [-0.2, -0.15) is 0 Å². The van der Waals surface area contributed by atoms with Crippen molar-refractivity contribution in [3.8, 4) is 0 Å². The standard InChI is InChI=1S/C13H17ClN2O3/c1-7(2)5-10(15)12(17)16-11-6-8(14)3-4-9(11)13(18)19/h3-4,6-7,10H,5,15H2,1-2H3,(H,16,17)(H,18,19). The van der Waals surface area contributed by atoms with Crippen molar-refractivity contribution in [3.05, 3.63) is 28.8 Å². The summed E-state index contributed by atoms with van der Waals surface area (Å²) in [5, 5.41) is 11.9. The van der Waals surface area contributed by atoms with Crippen LogP contribution in [-0.4, -0.2) is 23.0 Å². The van der Waals surface area contributed by atoms with Crippen LogP contribution in [0.25, 0.3) is 0 Å². The van der Waals surface area contributed by atoms with Gasteiger partial charge < -0.3 is 16.2 Å². The number of benzene rings is 1. The van der Waals surface area contributed by atoms with Crippen molar-refractivity contribution >= 4 is 29.2 Å². The van der Waals surface area contributed by atoms with Crippen LogP contribution in [0.15, 0.2) is 18.2 Å². The van der Waals surface area contributed by atoms with Crippen molar-refractivity contribution in [3.63, 3.8) is 0 Å². The van der Waals surface area contributed by atoms with Gasteiger partial charge in [0.05, 0.1) is 17.3 Å². The number of hydrogen-bond acceptors (Lipinski definition) is 3. The fourth-order valence-corrected chi connectivity index (χ4v) is 1.82. The Morgan fingerprint density at radius 2 is 2.05 bits per heavy atom. The molecular weight excluding hydrogens is 268 g/mol. The second-order valence-electron chi connectivity index (χ2n) is 4.72. The van der Waals surface area contributed by atoms with E-state index in [0.29, 0.717) is 11.4 Å². The molecule has 0 aromatic heterocycles. The number of rotatable bonds is 5. The van der Waals surface area contributed by atoms with Crippen LogP contribution in [0.1, 0.15) is 30.6 Å². The molecule has 6 heteroatoms. The normalized spacial score (nSPS) is 12.3. The SMILES string of the molecule is CC(C)CC(N)C(=O)Nc1cc(Cl)ccc1C(=O)O. The van der Waals surface area contributed by atoms with E-state index in [0.717, 1.165) is 0 Å². The molecule has 0 aliphatic carbocycles. The Labute approximate surface area is 116 Å². The zero-order chi connectivity index (χ0) is 14.6. The molecule has 0 heterocycles. The van der Waals surface area contributed by atoms with E-state index in [1.807, 2.05) is 13.8 Å². The molecule has 0 fully saturated rings. The van der Waals surface area contributed by atoms with Gasteiger partial charge in [0.1, 0.15) is 0 Å². The molecule has 0 aliphatic heterocycles. The number of halogens is 1. The van der Waals surface area contributed by atoms with Crippen LogP contribution in [-0.2, 0) is 4.79 Å². The highest BCUT2D eigenvalue weighted by molar-refractivity contribution is 6.31. The van der Waals surface area contributed by atoms with Crippen molar-refractivity contribution in [2.24, 2.45) is 11.7 Å². The number of carbonyl (C=O) groups is 2. The van der Waals surface area contributed by atoms with Gasteiger partial charge in [-0.15, -0.1) is 0 Å². The number of amides is 1. The van der Waals surface area contributed by atoms with Crippen molar-refractivity contribution in [1.82, 2.24) is 0 Å². The van der Waals surface area contributed by atoms with E-state index in [2.05, 4.69) is 5.32 Å². The van der Waals surface area contributed by atoms with Crippen LogP contribution in [0.2, 0.25) is 5.02 Å². The zero-order valence-corrected chi connectivity index (χ0v) is 11.6. The predicted octanol–water partition coefficient (Wildman–Crippen LogP) is 2.35. The lowest BCUT2D eigenvalue weighted by molar-refractivity contribution is -0.117.